The normalized spacial score (nSPS) is 48.0. The quantitative estimate of drug-likeness (QED) is 0.329. The van der Waals surface area contributed by atoms with E-state index in [0.29, 0.717) is 40.2 Å². The molecule has 272 valence electrons. The summed E-state index contributed by atoms with van der Waals surface area (Å²) in [6.45, 7) is 22.3. The molecule has 3 heterocycles. The van der Waals surface area contributed by atoms with Crippen molar-refractivity contribution in [3.05, 3.63) is 0 Å². The van der Waals surface area contributed by atoms with E-state index in [0.717, 1.165) is 57.2 Å². The molecule has 8 nitrogen and oxygen atoms in total. The summed E-state index contributed by atoms with van der Waals surface area (Å²) in [5.41, 5.74) is 0.302. The van der Waals surface area contributed by atoms with Crippen LogP contribution in [0.15, 0.2) is 0 Å². The standard InChI is InChI=1S/C40H66N2O6/c1-24(2)42-20-26(21-42)41-17-18-45-34(22-41)48-33-13-14-40-23-39(40)16-15-38(8)28-9-11-30(35(37(6,7)44)46-25(3)43)47-31(28)19-29(38)27(39)10-12-32(40)36(33,4)5/h24,26-35,44H,9-23H2,1-8H3/t27?,28?,29?,30?,31?,32?,33?,34?,35?,38?,39-,40?/m0/s1. The Bertz CT molecular complexity index is 1240. The number of hydrogen-bond acceptors (Lipinski definition) is 8. The van der Waals surface area contributed by atoms with Gasteiger partial charge in [-0.2, -0.15) is 0 Å². The van der Waals surface area contributed by atoms with Crippen molar-refractivity contribution in [1.29, 1.82) is 0 Å². The molecule has 3 saturated heterocycles. The number of carbonyl (C=O) groups excluding carboxylic acids is 1. The number of nitrogens with zero attached hydrogens (tertiary/aromatic N) is 2. The van der Waals surface area contributed by atoms with Gasteiger partial charge in [0.15, 0.2) is 12.4 Å². The zero-order valence-electron chi connectivity index (χ0n) is 31.3. The van der Waals surface area contributed by atoms with E-state index in [9.17, 15) is 9.90 Å². The molecular weight excluding hydrogens is 604 g/mol. The second kappa shape index (κ2) is 11.6. The van der Waals surface area contributed by atoms with Gasteiger partial charge in [-0.1, -0.05) is 20.8 Å². The Morgan fingerprint density at radius 2 is 1.69 bits per heavy atom. The van der Waals surface area contributed by atoms with Crippen LogP contribution in [0, 0.1) is 45.3 Å². The predicted molar refractivity (Wildman–Crippen MR) is 184 cm³/mol. The lowest BCUT2D eigenvalue weighted by Gasteiger charge is -2.60. The molecule has 8 fully saturated rings. The van der Waals surface area contributed by atoms with E-state index < -0.39 is 11.7 Å². The van der Waals surface area contributed by atoms with Crippen molar-refractivity contribution in [1.82, 2.24) is 9.80 Å². The lowest BCUT2D eigenvalue weighted by atomic mass is 9.46. The third-order valence-corrected chi connectivity index (χ3v) is 16.4. The number of esters is 1. The van der Waals surface area contributed by atoms with E-state index in [1.165, 1.54) is 58.5 Å². The van der Waals surface area contributed by atoms with E-state index in [4.69, 9.17) is 18.9 Å². The maximum atomic E-state index is 12.0. The Labute approximate surface area is 290 Å². The van der Waals surface area contributed by atoms with Gasteiger partial charge in [-0.05, 0) is 137 Å². The highest BCUT2D eigenvalue weighted by Crippen LogP contribution is 2.87. The molecule has 5 aliphatic carbocycles. The first-order valence-electron chi connectivity index (χ1n) is 19.9. The topological polar surface area (TPSA) is 80.7 Å². The summed E-state index contributed by atoms with van der Waals surface area (Å²) in [7, 11) is 0. The van der Waals surface area contributed by atoms with Crippen LogP contribution >= 0.6 is 0 Å². The number of likely N-dealkylation sites (tertiary alicyclic amines) is 1. The van der Waals surface area contributed by atoms with Gasteiger partial charge in [0.1, 0.15) is 0 Å². The minimum Gasteiger partial charge on any atom is -0.457 e. The lowest BCUT2D eigenvalue weighted by molar-refractivity contribution is -0.250. The number of ether oxygens (including phenoxy) is 4. The molecule has 8 heteroatoms. The summed E-state index contributed by atoms with van der Waals surface area (Å²) in [6, 6.07) is 1.28. The van der Waals surface area contributed by atoms with Crippen LogP contribution in [0.4, 0.5) is 0 Å². The van der Waals surface area contributed by atoms with Gasteiger partial charge in [-0.15, -0.1) is 0 Å². The number of rotatable bonds is 7. The van der Waals surface area contributed by atoms with Gasteiger partial charge in [-0.25, -0.2) is 0 Å². The molecule has 0 amide bonds. The molecular formula is C40H66N2O6. The molecule has 0 aromatic carbocycles. The maximum absolute atomic E-state index is 12.0. The number of fused-ring (bicyclic) bond motifs is 4. The summed E-state index contributed by atoms with van der Waals surface area (Å²) in [6.07, 6.45) is 11.8. The van der Waals surface area contributed by atoms with Crippen molar-refractivity contribution in [3.8, 4) is 0 Å². The van der Waals surface area contributed by atoms with Crippen molar-refractivity contribution in [3.63, 3.8) is 0 Å². The molecule has 48 heavy (non-hydrogen) atoms. The Morgan fingerprint density at radius 1 is 0.938 bits per heavy atom. The zero-order valence-corrected chi connectivity index (χ0v) is 31.3. The van der Waals surface area contributed by atoms with Crippen LogP contribution in [-0.2, 0) is 23.7 Å². The van der Waals surface area contributed by atoms with E-state index in [-0.39, 0.29) is 36.0 Å². The summed E-state index contributed by atoms with van der Waals surface area (Å²) < 4.78 is 25.9. The summed E-state index contributed by atoms with van der Waals surface area (Å²) in [4.78, 5) is 17.2. The summed E-state index contributed by atoms with van der Waals surface area (Å²) in [5.74, 6) is 2.42. The number of hydrogen-bond donors (Lipinski definition) is 1. The fourth-order valence-electron chi connectivity index (χ4n) is 13.9. The average Bonchev–Trinajstić information content (AvgIpc) is 3.56. The highest BCUT2D eigenvalue weighted by molar-refractivity contribution is 5.66. The average molecular weight is 671 g/mol. The third-order valence-electron chi connectivity index (χ3n) is 16.4. The second-order valence-corrected chi connectivity index (χ2v) is 19.6. The van der Waals surface area contributed by atoms with Gasteiger partial charge in [0.05, 0.1) is 30.5 Å². The van der Waals surface area contributed by atoms with Crippen molar-refractivity contribution < 1.29 is 28.8 Å². The molecule has 0 bridgehead atoms. The van der Waals surface area contributed by atoms with Gasteiger partial charge >= 0.3 is 5.97 Å². The molecule has 0 aromatic rings. The predicted octanol–water partition coefficient (Wildman–Crippen LogP) is 6.03. The van der Waals surface area contributed by atoms with E-state index in [1.807, 2.05) is 0 Å². The van der Waals surface area contributed by atoms with Gasteiger partial charge in [0.25, 0.3) is 0 Å². The van der Waals surface area contributed by atoms with Crippen molar-refractivity contribution >= 4 is 5.97 Å². The van der Waals surface area contributed by atoms with Crippen LogP contribution in [0.3, 0.4) is 0 Å². The molecule has 8 rings (SSSR count). The largest absolute Gasteiger partial charge is 0.457 e. The van der Waals surface area contributed by atoms with E-state index >= 15 is 0 Å². The van der Waals surface area contributed by atoms with Crippen LogP contribution in [0.2, 0.25) is 0 Å². The van der Waals surface area contributed by atoms with Gasteiger partial charge in [0.2, 0.25) is 0 Å². The molecule has 0 aromatic heterocycles. The fraction of sp³-hybridized carbons (Fsp3) is 0.975. The van der Waals surface area contributed by atoms with Crippen LogP contribution in [-0.4, -0.2) is 102 Å². The lowest BCUT2D eigenvalue weighted by Crippen LogP contribution is -2.64. The molecule has 11 unspecified atom stereocenters. The van der Waals surface area contributed by atoms with Crippen molar-refractivity contribution in [2.24, 2.45) is 45.3 Å². The first-order valence-corrected chi connectivity index (χ1v) is 19.9. The van der Waals surface area contributed by atoms with Crippen LogP contribution in [0.5, 0.6) is 0 Å². The van der Waals surface area contributed by atoms with E-state index in [1.54, 1.807) is 13.8 Å². The Kier molecular flexibility index (Phi) is 8.31. The highest BCUT2D eigenvalue weighted by atomic mass is 16.7. The Balaban J connectivity index is 0.938. The molecule has 3 aliphatic heterocycles. The van der Waals surface area contributed by atoms with Crippen LogP contribution < -0.4 is 0 Å². The van der Waals surface area contributed by atoms with Crippen LogP contribution in [0.25, 0.3) is 0 Å². The fourth-order valence-corrected chi connectivity index (χ4v) is 13.9. The molecule has 2 spiro atoms. The Morgan fingerprint density at radius 3 is 2.40 bits per heavy atom. The highest BCUT2D eigenvalue weighted by Gasteiger charge is 2.80. The number of morpholine rings is 1. The van der Waals surface area contributed by atoms with Gasteiger partial charge < -0.3 is 24.1 Å². The number of aliphatic hydroxyl groups is 1. The van der Waals surface area contributed by atoms with Gasteiger partial charge in [0, 0.05) is 45.2 Å². The molecule has 1 N–H and O–H groups in total. The monoisotopic (exact) mass is 670 g/mol. The molecule has 8 aliphatic rings. The smallest absolute Gasteiger partial charge is 0.303 e. The first kappa shape index (κ1) is 34.3. The second-order valence-electron chi connectivity index (χ2n) is 19.6. The summed E-state index contributed by atoms with van der Waals surface area (Å²) >= 11 is 0. The molecule has 5 saturated carbocycles. The van der Waals surface area contributed by atoms with Gasteiger partial charge in [-0.3, -0.25) is 14.6 Å². The minimum atomic E-state index is -1.13. The van der Waals surface area contributed by atoms with Crippen molar-refractivity contribution in [2.45, 2.75) is 168 Å². The zero-order chi connectivity index (χ0) is 34.0. The van der Waals surface area contributed by atoms with Crippen molar-refractivity contribution in [2.75, 3.05) is 32.8 Å². The molecule has 12 atom stereocenters. The van der Waals surface area contributed by atoms with E-state index in [2.05, 4.69) is 44.4 Å². The van der Waals surface area contributed by atoms with Crippen LogP contribution in [0.1, 0.15) is 120 Å². The molecule has 0 radical (unpaired) electrons. The Hall–Kier alpha value is -0.770. The SMILES string of the molecule is CC(=O)OC(C1CCC2C(CC3C4CCC5C(C)(C)C(OC6CN(C7CN(C(C)C)C7)CCO6)CCC56C[C@@]46CCC23C)O1)C(C)(C)O. The minimum absolute atomic E-state index is 0.104. The summed E-state index contributed by atoms with van der Waals surface area (Å²) in [5, 5.41) is 10.9. The third kappa shape index (κ3) is 5.14. The number of carbonyl (C=O) groups is 1. The first-order chi connectivity index (χ1) is 22.6. The maximum Gasteiger partial charge on any atom is 0.303 e.